The van der Waals surface area contributed by atoms with Crippen molar-refractivity contribution < 1.29 is 0 Å². The molecule has 1 aliphatic carbocycles. The largest absolute Gasteiger partial charge is 0.0626 e. The lowest BCUT2D eigenvalue weighted by atomic mass is 9.88. The second-order valence-corrected chi connectivity index (χ2v) is 7.36. The molecule has 0 heterocycles. The number of hydrogen-bond donors (Lipinski definition) is 0. The van der Waals surface area contributed by atoms with E-state index in [1.54, 1.807) is 5.57 Å². The van der Waals surface area contributed by atoms with E-state index in [4.69, 9.17) is 0 Å². The summed E-state index contributed by atoms with van der Waals surface area (Å²) in [5, 5.41) is 2.66. The van der Waals surface area contributed by atoms with Crippen LogP contribution < -0.4 is 0 Å². The molecule has 0 N–H and O–H groups in total. The van der Waals surface area contributed by atoms with Crippen LogP contribution in [0.5, 0.6) is 0 Å². The van der Waals surface area contributed by atoms with Gasteiger partial charge in [-0.2, -0.15) is 0 Å². The van der Waals surface area contributed by atoms with E-state index in [1.165, 1.54) is 44.2 Å². The van der Waals surface area contributed by atoms with Crippen LogP contribution in [0.25, 0.3) is 28.0 Å². The fourth-order valence-electron chi connectivity index (χ4n) is 4.07. The summed E-state index contributed by atoms with van der Waals surface area (Å²) in [5.41, 5.74) is 10.1. The lowest BCUT2D eigenvalue weighted by Gasteiger charge is -2.16. The molecule has 0 nitrogen and oxygen atoms in total. The highest BCUT2D eigenvalue weighted by Crippen LogP contribution is 2.42. The molecule has 0 saturated heterocycles. The van der Waals surface area contributed by atoms with Crippen molar-refractivity contribution in [3.63, 3.8) is 0 Å². The predicted octanol–water partition coefficient (Wildman–Crippen LogP) is 6.72. The molecule has 0 fully saturated rings. The van der Waals surface area contributed by atoms with Crippen LogP contribution in [0.3, 0.4) is 0 Å². The van der Waals surface area contributed by atoms with Crippen molar-refractivity contribution in [2.75, 3.05) is 0 Å². The Hall–Kier alpha value is -2.34. The van der Waals surface area contributed by atoms with Gasteiger partial charge in [-0.25, -0.2) is 0 Å². The van der Waals surface area contributed by atoms with E-state index >= 15 is 0 Å². The maximum absolute atomic E-state index is 2.46. The van der Waals surface area contributed by atoms with Crippen molar-refractivity contribution in [1.29, 1.82) is 0 Å². The Balaban J connectivity index is 2.05. The van der Waals surface area contributed by atoms with Crippen molar-refractivity contribution >= 4 is 16.8 Å². The number of rotatable bonds is 2. The minimum Gasteiger partial charge on any atom is -0.0626 e. The third-order valence-electron chi connectivity index (χ3n) is 5.41. The summed E-state index contributed by atoms with van der Waals surface area (Å²) in [5.74, 6) is 0.609. The van der Waals surface area contributed by atoms with Crippen LogP contribution in [0.2, 0.25) is 0 Å². The van der Waals surface area contributed by atoms with E-state index < -0.39 is 0 Å². The van der Waals surface area contributed by atoms with Gasteiger partial charge in [0.25, 0.3) is 0 Å². The molecule has 0 spiro atoms. The Labute approximate surface area is 144 Å². The highest BCUT2D eigenvalue weighted by atomic mass is 14.3. The van der Waals surface area contributed by atoms with E-state index in [0.29, 0.717) is 5.92 Å². The number of benzene rings is 3. The number of fused-ring (bicyclic) bond motifs is 2. The Morgan fingerprint density at radius 1 is 0.875 bits per heavy atom. The van der Waals surface area contributed by atoms with Crippen LogP contribution in [0, 0.1) is 19.8 Å². The molecule has 0 atom stereocenters. The lowest BCUT2D eigenvalue weighted by Crippen LogP contribution is -1.97. The summed E-state index contributed by atoms with van der Waals surface area (Å²) in [4.78, 5) is 0. The fourth-order valence-corrected chi connectivity index (χ4v) is 4.07. The maximum atomic E-state index is 2.46. The average molecular weight is 312 g/mol. The normalized spacial score (nSPS) is 13.5. The van der Waals surface area contributed by atoms with E-state index in [1.807, 2.05) is 0 Å². The highest BCUT2D eigenvalue weighted by molar-refractivity contribution is 6.00. The fraction of sp³-hybridized carbons (Fsp3) is 0.250. The molecule has 3 aromatic rings. The molecule has 0 unspecified atom stereocenters. The summed E-state index contributed by atoms with van der Waals surface area (Å²) >= 11 is 0. The van der Waals surface area contributed by atoms with Gasteiger partial charge in [-0.15, -0.1) is 0 Å². The third kappa shape index (κ3) is 2.29. The van der Waals surface area contributed by atoms with E-state index in [9.17, 15) is 0 Å². The Kier molecular flexibility index (Phi) is 3.57. The van der Waals surface area contributed by atoms with Gasteiger partial charge in [0.15, 0.2) is 0 Å². The van der Waals surface area contributed by atoms with Gasteiger partial charge in [-0.3, -0.25) is 0 Å². The molecule has 0 saturated carbocycles. The molecule has 0 bridgehead atoms. The quantitative estimate of drug-likeness (QED) is 0.492. The summed E-state index contributed by atoms with van der Waals surface area (Å²) in [6.45, 7) is 9.12. The van der Waals surface area contributed by atoms with E-state index in [2.05, 4.69) is 82.3 Å². The first-order valence-corrected chi connectivity index (χ1v) is 8.88. The molecule has 0 aliphatic heterocycles. The Morgan fingerprint density at radius 2 is 1.62 bits per heavy atom. The van der Waals surface area contributed by atoms with Crippen molar-refractivity contribution in [2.45, 2.75) is 34.1 Å². The minimum atomic E-state index is 0.609. The maximum Gasteiger partial charge on any atom is -0.00524 e. The first-order valence-electron chi connectivity index (χ1n) is 8.88. The minimum absolute atomic E-state index is 0.609. The Bertz CT molecular complexity index is 965. The van der Waals surface area contributed by atoms with Gasteiger partial charge >= 0.3 is 0 Å². The molecule has 0 amide bonds. The zero-order valence-electron chi connectivity index (χ0n) is 15.0. The number of hydrogen-bond acceptors (Lipinski definition) is 0. The van der Waals surface area contributed by atoms with E-state index in [0.717, 1.165) is 6.42 Å². The van der Waals surface area contributed by atoms with Gasteiger partial charge in [-0.1, -0.05) is 74.0 Å². The van der Waals surface area contributed by atoms with Gasteiger partial charge in [-0.05, 0) is 70.3 Å². The van der Waals surface area contributed by atoms with E-state index in [-0.39, 0.29) is 0 Å². The topological polar surface area (TPSA) is 0 Å². The van der Waals surface area contributed by atoms with Crippen molar-refractivity contribution in [3.05, 3.63) is 76.4 Å². The average Bonchev–Trinajstić information content (AvgIpc) is 3.01. The van der Waals surface area contributed by atoms with Crippen LogP contribution in [0.4, 0.5) is 0 Å². The van der Waals surface area contributed by atoms with Gasteiger partial charge < -0.3 is 0 Å². The molecule has 120 valence electrons. The van der Waals surface area contributed by atoms with Crippen LogP contribution in [0.15, 0.2) is 54.1 Å². The number of allylic oxidation sites excluding steroid dienone is 1. The van der Waals surface area contributed by atoms with Crippen LogP contribution in [-0.2, 0) is 6.42 Å². The molecule has 0 heteroatoms. The monoisotopic (exact) mass is 312 g/mol. The third-order valence-corrected chi connectivity index (χ3v) is 5.41. The molecule has 1 aliphatic rings. The predicted molar refractivity (Wildman–Crippen MR) is 105 cm³/mol. The van der Waals surface area contributed by atoms with Crippen molar-refractivity contribution in [1.82, 2.24) is 0 Å². The molecular weight excluding hydrogens is 288 g/mol. The van der Waals surface area contributed by atoms with Gasteiger partial charge in [0.2, 0.25) is 0 Å². The molecule has 4 rings (SSSR count). The number of aryl methyl sites for hydroxylation is 2. The molecular formula is C24H24. The second kappa shape index (κ2) is 5.63. The van der Waals surface area contributed by atoms with Crippen LogP contribution in [0.1, 0.15) is 36.1 Å². The molecule has 0 radical (unpaired) electrons. The summed E-state index contributed by atoms with van der Waals surface area (Å²) in [6, 6.07) is 17.8. The lowest BCUT2D eigenvalue weighted by molar-refractivity contribution is 0.754. The zero-order chi connectivity index (χ0) is 16.8. The highest BCUT2D eigenvalue weighted by Gasteiger charge is 2.22. The standard InChI is InChI=1S/C24H24/c1-15(2)19-13-22-16(3)12-17(4)24(23(22)14-19)21-11-7-9-18-8-5-6-10-20(18)21/h5-12,14-15H,13H2,1-4H3. The molecule has 24 heavy (non-hydrogen) atoms. The molecule has 3 aromatic carbocycles. The van der Waals surface area contributed by atoms with Crippen LogP contribution in [-0.4, -0.2) is 0 Å². The summed E-state index contributed by atoms with van der Waals surface area (Å²) in [6.07, 6.45) is 3.56. The van der Waals surface area contributed by atoms with Crippen LogP contribution >= 0.6 is 0 Å². The van der Waals surface area contributed by atoms with Gasteiger partial charge in [0.1, 0.15) is 0 Å². The summed E-state index contributed by atoms with van der Waals surface area (Å²) < 4.78 is 0. The zero-order valence-corrected chi connectivity index (χ0v) is 15.0. The van der Waals surface area contributed by atoms with Gasteiger partial charge in [0, 0.05) is 0 Å². The smallest absolute Gasteiger partial charge is 0.00524 e. The summed E-state index contributed by atoms with van der Waals surface area (Å²) in [7, 11) is 0. The SMILES string of the molecule is Cc1cc(C)c(-c2cccc3ccccc23)c2c1CC(C(C)C)=C2. The second-order valence-electron chi connectivity index (χ2n) is 7.36. The first-order chi connectivity index (χ1) is 11.6. The Morgan fingerprint density at radius 3 is 2.42 bits per heavy atom. The van der Waals surface area contributed by atoms with Crippen molar-refractivity contribution in [3.8, 4) is 11.1 Å². The molecule has 0 aromatic heterocycles. The van der Waals surface area contributed by atoms with Crippen molar-refractivity contribution in [2.24, 2.45) is 5.92 Å². The first kappa shape index (κ1) is 15.2. The van der Waals surface area contributed by atoms with Gasteiger partial charge in [0.05, 0.1) is 0 Å².